The molecular weight excluding hydrogens is 668 g/mol. The molecule has 6 aliphatic rings. The van der Waals surface area contributed by atoms with E-state index >= 15 is 0 Å². The van der Waals surface area contributed by atoms with E-state index in [0.717, 1.165) is 5.57 Å². The number of rotatable bonds is 7. The van der Waals surface area contributed by atoms with Crippen LogP contribution in [0.25, 0.3) is 0 Å². The molecule has 1 saturated heterocycles. The fraction of sp³-hybridized carbons (Fsp3) is 0.811. The van der Waals surface area contributed by atoms with E-state index in [4.69, 9.17) is 33.2 Å². The Morgan fingerprint density at radius 1 is 0.784 bits per heavy atom. The van der Waals surface area contributed by atoms with Gasteiger partial charge in [0.1, 0.15) is 12.7 Å². The molecule has 4 saturated carbocycles. The highest BCUT2D eigenvalue weighted by molar-refractivity contribution is 5.85. The van der Waals surface area contributed by atoms with Gasteiger partial charge in [0.05, 0.1) is 23.4 Å². The first kappa shape index (κ1) is 37.7. The number of fused-ring (bicyclic) bond motifs is 5. The second kappa shape index (κ2) is 13.4. The van der Waals surface area contributed by atoms with Crippen molar-refractivity contribution in [1.82, 2.24) is 0 Å². The predicted octanol–water partition coefficient (Wildman–Crippen LogP) is 2.83. The Hall–Kier alpha value is -3.07. The minimum absolute atomic E-state index is 0.120. The van der Waals surface area contributed by atoms with Crippen LogP contribution in [-0.4, -0.2) is 101 Å². The van der Waals surface area contributed by atoms with Crippen LogP contribution in [0.2, 0.25) is 0 Å². The summed E-state index contributed by atoms with van der Waals surface area (Å²) >= 11 is 0. The van der Waals surface area contributed by atoms with Gasteiger partial charge in [0.2, 0.25) is 0 Å². The maximum absolute atomic E-state index is 12.7. The van der Waals surface area contributed by atoms with Crippen LogP contribution in [0.5, 0.6) is 0 Å². The molecule has 0 aromatic heterocycles. The molecule has 0 bridgehead atoms. The Balaban J connectivity index is 1.27. The highest BCUT2D eigenvalue weighted by atomic mass is 16.7. The minimum Gasteiger partial charge on any atom is -0.462 e. The lowest BCUT2D eigenvalue weighted by Crippen LogP contribution is -2.71. The summed E-state index contributed by atoms with van der Waals surface area (Å²) in [6.07, 6.45) is -1.75. The van der Waals surface area contributed by atoms with Crippen LogP contribution in [0.3, 0.4) is 0 Å². The van der Waals surface area contributed by atoms with Gasteiger partial charge in [0.15, 0.2) is 24.6 Å². The Labute approximate surface area is 297 Å². The molecule has 14 heteroatoms. The molecule has 0 radical (unpaired) electrons. The monoisotopic (exact) mass is 720 g/mol. The van der Waals surface area contributed by atoms with Crippen molar-refractivity contribution in [3.05, 3.63) is 11.6 Å². The molecule has 0 unspecified atom stereocenters. The van der Waals surface area contributed by atoms with Crippen LogP contribution in [0, 0.1) is 28.6 Å². The van der Waals surface area contributed by atoms with E-state index in [1.54, 1.807) is 6.92 Å². The lowest BCUT2D eigenvalue weighted by atomic mass is 9.41. The van der Waals surface area contributed by atoms with Crippen molar-refractivity contribution in [3.63, 3.8) is 0 Å². The van der Waals surface area contributed by atoms with Crippen molar-refractivity contribution in [2.75, 3.05) is 6.61 Å². The third-order valence-corrected chi connectivity index (χ3v) is 13.3. The predicted molar refractivity (Wildman–Crippen MR) is 174 cm³/mol. The highest BCUT2D eigenvalue weighted by Gasteiger charge is 2.73. The molecule has 2 N–H and O–H groups in total. The third-order valence-electron chi connectivity index (χ3n) is 13.3. The van der Waals surface area contributed by atoms with E-state index < -0.39 is 88.8 Å². The van der Waals surface area contributed by atoms with Crippen molar-refractivity contribution in [3.8, 4) is 0 Å². The van der Waals surface area contributed by atoms with Crippen molar-refractivity contribution < 1.29 is 67.3 Å². The average molecular weight is 721 g/mol. The summed E-state index contributed by atoms with van der Waals surface area (Å²) in [4.78, 5) is 61.0. The number of esters is 5. The molecule has 0 aromatic rings. The highest BCUT2D eigenvalue weighted by Crippen LogP contribution is 2.71. The van der Waals surface area contributed by atoms with Crippen LogP contribution in [0.15, 0.2) is 11.6 Å². The lowest BCUT2D eigenvalue weighted by molar-refractivity contribution is -0.326. The lowest BCUT2D eigenvalue weighted by Gasteiger charge is -2.67. The van der Waals surface area contributed by atoms with E-state index in [-0.39, 0.29) is 36.8 Å². The van der Waals surface area contributed by atoms with E-state index in [1.807, 2.05) is 13.8 Å². The van der Waals surface area contributed by atoms with E-state index in [2.05, 4.69) is 0 Å². The standard InChI is InChI=1S/C37H52O14/c1-18-30(48-20(3)39)31(49-21(4)40)32(50-22(5)41)33(46-18)51-24-8-11-34(6)29-26(9-12-36(34,43)15-24)37(44)13-10-25(23-14-28(42)45-17-23)35(37,7)16-27(29)47-19(2)38/h14,18,24-27,29-33,43-44H,8-13,15-17H2,1-7H3/t18-,24+,25-,26+,27+,29+,30-,31+,32+,33-,34+,35+,36-,37-/m0/s1. The van der Waals surface area contributed by atoms with Crippen molar-refractivity contribution in [1.29, 1.82) is 0 Å². The Morgan fingerprint density at radius 2 is 1.41 bits per heavy atom. The molecule has 284 valence electrons. The van der Waals surface area contributed by atoms with Gasteiger partial charge in [-0.15, -0.1) is 0 Å². The molecule has 2 aliphatic heterocycles. The molecule has 14 atom stereocenters. The molecule has 14 nitrogen and oxygen atoms in total. The number of hydrogen-bond acceptors (Lipinski definition) is 14. The maximum Gasteiger partial charge on any atom is 0.331 e. The van der Waals surface area contributed by atoms with Gasteiger partial charge in [-0.1, -0.05) is 13.8 Å². The fourth-order valence-electron chi connectivity index (χ4n) is 11.1. The Bertz CT molecular complexity index is 1480. The summed E-state index contributed by atoms with van der Waals surface area (Å²) in [7, 11) is 0. The molecule has 0 amide bonds. The van der Waals surface area contributed by atoms with E-state index in [0.29, 0.717) is 44.9 Å². The summed E-state index contributed by atoms with van der Waals surface area (Å²) < 4.78 is 40.5. The van der Waals surface area contributed by atoms with E-state index in [9.17, 15) is 34.2 Å². The SMILES string of the molecule is CC(=O)O[C@@H]1[C@@H](OC(C)=O)[C@H](C)O[C@@H](O[C@@H]2CC[C@]3(C)[C@@H]4[C@@H](CC[C@]3(O)C2)[C@@]2(O)CC[C@@H](C3=CC(=O)OC3)[C@@]2(C)C[C@H]4OC(C)=O)[C@@H]1OC(C)=O. The quantitative estimate of drug-likeness (QED) is 0.222. The third kappa shape index (κ3) is 6.37. The zero-order chi connectivity index (χ0) is 37.3. The van der Waals surface area contributed by atoms with Gasteiger partial charge in [-0.2, -0.15) is 0 Å². The molecular formula is C37H52O14. The zero-order valence-corrected chi connectivity index (χ0v) is 30.5. The first-order valence-electron chi connectivity index (χ1n) is 18.1. The van der Waals surface area contributed by atoms with Gasteiger partial charge >= 0.3 is 29.8 Å². The van der Waals surface area contributed by atoms with Gasteiger partial charge in [-0.05, 0) is 69.3 Å². The van der Waals surface area contributed by atoms with Crippen LogP contribution >= 0.6 is 0 Å². The number of cyclic esters (lactones) is 1. The summed E-state index contributed by atoms with van der Waals surface area (Å²) in [5.74, 6) is -3.60. The minimum atomic E-state index is -1.29. The van der Waals surface area contributed by atoms with Crippen LogP contribution in [-0.2, 0) is 57.1 Å². The summed E-state index contributed by atoms with van der Waals surface area (Å²) in [5, 5.41) is 25.4. The molecule has 4 aliphatic carbocycles. The summed E-state index contributed by atoms with van der Waals surface area (Å²) in [6.45, 7) is 10.8. The fourth-order valence-corrected chi connectivity index (χ4v) is 11.1. The van der Waals surface area contributed by atoms with Crippen LogP contribution in [0.4, 0.5) is 0 Å². The molecule has 5 fully saturated rings. The topological polar surface area (TPSA) is 190 Å². The molecule has 0 spiro atoms. The second-order valence-corrected chi connectivity index (χ2v) is 16.2. The number of hydrogen-bond donors (Lipinski definition) is 2. The first-order chi connectivity index (χ1) is 23.8. The zero-order valence-electron chi connectivity index (χ0n) is 30.5. The molecule has 6 rings (SSSR count). The average Bonchev–Trinajstić information content (AvgIpc) is 3.55. The number of aliphatic hydroxyl groups is 2. The van der Waals surface area contributed by atoms with Gasteiger partial charge in [-0.3, -0.25) is 19.2 Å². The second-order valence-electron chi connectivity index (χ2n) is 16.2. The van der Waals surface area contributed by atoms with E-state index in [1.165, 1.54) is 33.8 Å². The van der Waals surface area contributed by atoms with Crippen molar-refractivity contribution in [2.45, 2.75) is 154 Å². The van der Waals surface area contributed by atoms with Gasteiger partial charge in [-0.25, -0.2) is 4.79 Å². The van der Waals surface area contributed by atoms with Gasteiger partial charge in [0, 0.05) is 56.9 Å². The normalized spacial score (nSPS) is 46.0. The van der Waals surface area contributed by atoms with Crippen LogP contribution in [0.1, 0.15) is 99.8 Å². The maximum atomic E-state index is 12.7. The van der Waals surface area contributed by atoms with Gasteiger partial charge in [0.25, 0.3) is 0 Å². The number of carbonyl (C=O) groups excluding carboxylic acids is 5. The molecule has 2 heterocycles. The molecule has 0 aromatic carbocycles. The summed E-state index contributed by atoms with van der Waals surface area (Å²) in [5.41, 5.74) is -3.04. The largest absolute Gasteiger partial charge is 0.462 e. The van der Waals surface area contributed by atoms with Gasteiger partial charge < -0.3 is 43.4 Å². The summed E-state index contributed by atoms with van der Waals surface area (Å²) in [6, 6.07) is 0. The van der Waals surface area contributed by atoms with Crippen molar-refractivity contribution >= 4 is 29.8 Å². The smallest absolute Gasteiger partial charge is 0.331 e. The van der Waals surface area contributed by atoms with Crippen molar-refractivity contribution in [2.24, 2.45) is 28.6 Å². The van der Waals surface area contributed by atoms with Crippen LogP contribution < -0.4 is 0 Å². The Kier molecular flexibility index (Phi) is 9.91. The first-order valence-corrected chi connectivity index (χ1v) is 18.1. The molecule has 51 heavy (non-hydrogen) atoms. The Morgan fingerprint density at radius 3 is 2.02 bits per heavy atom. The number of carbonyl (C=O) groups is 5. The number of ether oxygens (including phenoxy) is 7.